The van der Waals surface area contributed by atoms with E-state index in [4.69, 9.17) is 0 Å². The first-order valence-corrected chi connectivity index (χ1v) is 7.32. The quantitative estimate of drug-likeness (QED) is 0.823. The van der Waals surface area contributed by atoms with Crippen molar-refractivity contribution < 1.29 is 9.59 Å². The van der Waals surface area contributed by atoms with Crippen LogP contribution in [0, 0.1) is 11.3 Å². The second kappa shape index (κ2) is 5.27. The summed E-state index contributed by atoms with van der Waals surface area (Å²) < 4.78 is 0. The van der Waals surface area contributed by atoms with Crippen LogP contribution in [0.2, 0.25) is 0 Å². The van der Waals surface area contributed by atoms with Crippen LogP contribution in [0.1, 0.15) is 37.7 Å². The lowest BCUT2D eigenvalue weighted by atomic mass is 9.80. The summed E-state index contributed by atoms with van der Waals surface area (Å²) in [5.41, 5.74) is 6.52. The van der Waals surface area contributed by atoms with Crippen LogP contribution < -0.4 is 10.9 Å². The van der Waals surface area contributed by atoms with Crippen molar-refractivity contribution in [2.45, 2.75) is 38.5 Å². The topological polar surface area (TPSA) is 58.2 Å². The summed E-state index contributed by atoms with van der Waals surface area (Å²) in [5, 5.41) is 0. The van der Waals surface area contributed by atoms with Gasteiger partial charge in [-0.2, -0.15) is 0 Å². The Bertz CT molecular complexity index is 508. The second-order valence-electron chi connectivity index (χ2n) is 6.00. The van der Waals surface area contributed by atoms with Crippen molar-refractivity contribution in [1.82, 2.24) is 10.9 Å². The largest absolute Gasteiger partial charge is 0.273 e. The number of carbonyl (C=O) groups is 2. The molecule has 0 heterocycles. The van der Waals surface area contributed by atoms with Crippen molar-refractivity contribution in [2.24, 2.45) is 11.3 Å². The molecule has 0 aliphatic heterocycles. The Balaban J connectivity index is 1.36. The maximum atomic E-state index is 11.9. The molecule has 20 heavy (non-hydrogen) atoms. The zero-order chi connectivity index (χ0) is 14.0. The lowest BCUT2D eigenvalue weighted by molar-refractivity contribution is -0.130. The molecule has 0 radical (unpaired) electrons. The molecule has 2 aliphatic rings. The molecule has 4 nitrogen and oxygen atoms in total. The lowest BCUT2D eigenvalue weighted by Gasteiger charge is -2.26. The van der Waals surface area contributed by atoms with E-state index in [2.05, 4.69) is 10.9 Å². The van der Waals surface area contributed by atoms with Crippen LogP contribution in [0.3, 0.4) is 0 Å². The Hall–Kier alpha value is -1.84. The average molecular weight is 272 g/mol. The van der Waals surface area contributed by atoms with Crippen LogP contribution in [-0.2, 0) is 16.0 Å². The van der Waals surface area contributed by atoms with Gasteiger partial charge in [0, 0.05) is 12.3 Å². The number of amides is 2. The van der Waals surface area contributed by atoms with Gasteiger partial charge in [-0.25, -0.2) is 0 Å². The van der Waals surface area contributed by atoms with E-state index in [1.807, 2.05) is 30.3 Å². The Labute approximate surface area is 118 Å². The molecule has 106 valence electrons. The molecule has 2 amide bonds. The fourth-order valence-corrected chi connectivity index (χ4v) is 3.09. The molecule has 0 unspecified atom stereocenters. The predicted octanol–water partition coefficient (Wildman–Crippen LogP) is 1.96. The number of rotatable bonds is 4. The number of hydrogen-bond donors (Lipinski definition) is 2. The van der Waals surface area contributed by atoms with Crippen LogP contribution in [0.15, 0.2) is 30.3 Å². The van der Waals surface area contributed by atoms with Crippen molar-refractivity contribution in [2.75, 3.05) is 0 Å². The van der Waals surface area contributed by atoms with Crippen LogP contribution in [-0.4, -0.2) is 11.8 Å². The SMILES string of the molecule is O=C(CCc1ccccc1)NNC(=O)[C@@H]1CC12CCC2. The minimum Gasteiger partial charge on any atom is -0.273 e. The Morgan fingerprint density at radius 2 is 1.90 bits per heavy atom. The molecule has 0 saturated heterocycles. The first-order chi connectivity index (χ1) is 9.70. The van der Waals surface area contributed by atoms with E-state index < -0.39 is 0 Å². The summed E-state index contributed by atoms with van der Waals surface area (Å²) in [7, 11) is 0. The minimum atomic E-state index is -0.134. The smallest absolute Gasteiger partial charge is 0.242 e. The second-order valence-corrected chi connectivity index (χ2v) is 6.00. The normalized spacial score (nSPS) is 21.9. The molecule has 3 rings (SSSR count). The van der Waals surface area contributed by atoms with Gasteiger partial charge < -0.3 is 0 Å². The summed E-state index contributed by atoms with van der Waals surface area (Å²) in [5.74, 6) is -0.0195. The highest BCUT2D eigenvalue weighted by Gasteiger charge is 2.60. The van der Waals surface area contributed by atoms with E-state index >= 15 is 0 Å². The summed E-state index contributed by atoms with van der Waals surface area (Å²) >= 11 is 0. The Morgan fingerprint density at radius 3 is 2.50 bits per heavy atom. The predicted molar refractivity (Wildman–Crippen MR) is 75.4 cm³/mol. The monoisotopic (exact) mass is 272 g/mol. The van der Waals surface area contributed by atoms with Crippen LogP contribution in [0.4, 0.5) is 0 Å². The van der Waals surface area contributed by atoms with E-state index in [-0.39, 0.29) is 17.7 Å². The molecular weight excluding hydrogens is 252 g/mol. The van der Waals surface area contributed by atoms with Crippen molar-refractivity contribution in [3.63, 3.8) is 0 Å². The van der Waals surface area contributed by atoms with E-state index in [1.54, 1.807) is 0 Å². The number of hydrazine groups is 1. The highest BCUT2D eigenvalue weighted by molar-refractivity contribution is 5.86. The molecule has 2 saturated carbocycles. The van der Waals surface area contributed by atoms with Gasteiger partial charge in [0.2, 0.25) is 11.8 Å². The van der Waals surface area contributed by atoms with Gasteiger partial charge in [0.15, 0.2) is 0 Å². The van der Waals surface area contributed by atoms with Gasteiger partial charge in [-0.1, -0.05) is 36.8 Å². The molecule has 2 N–H and O–H groups in total. The van der Waals surface area contributed by atoms with Crippen molar-refractivity contribution in [3.8, 4) is 0 Å². The van der Waals surface area contributed by atoms with E-state index in [0.29, 0.717) is 18.3 Å². The van der Waals surface area contributed by atoms with E-state index in [0.717, 1.165) is 12.0 Å². The number of carbonyl (C=O) groups excluding carboxylic acids is 2. The van der Waals surface area contributed by atoms with Crippen molar-refractivity contribution in [1.29, 1.82) is 0 Å². The third kappa shape index (κ3) is 2.69. The minimum absolute atomic E-state index is 0.0160. The molecule has 0 aromatic heterocycles. The van der Waals surface area contributed by atoms with E-state index in [1.165, 1.54) is 19.3 Å². The first kappa shape index (κ1) is 13.2. The van der Waals surface area contributed by atoms with Crippen LogP contribution in [0.5, 0.6) is 0 Å². The van der Waals surface area contributed by atoms with Crippen molar-refractivity contribution >= 4 is 11.8 Å². The Kier molecular flexibility index (Phi) is 3.47. The van der Waals surface area contributed by atoms with Gasteiger partial charge >= 0.3 is 0 Å². The molecule has 4 heteroatoms. The molecule has 2 fully saturated rings. The summed E-state index contributed by atoms with van der Waals surface area (Å²) in [6, 6.07) is 9.86. The van der Waals surface area contributed by atoms with E-state index in [9.17, 15) is 9.59 Å². The molecule has 0 bridgehead atoms. The fourth-order valence-electron chi connectivity index (χ4n) is 3.09. The van der Waals surface area contributed by atoms with Gasteiger partial charge in [-0.3, -0.25) is 20.4 Å². The maximum Gasteiger partial charge on any atom is 0.242 e. The van der Waals surface area contributed by atoms with Gasteiger partial charge in [-0.15, -0.1) is 0 Å². The molecule has 1 aromatic carbocycles. The highest BCUT2D eigenvalue weighted by Crippen LogP contribution is 2.65. The van der Waals surface area contributed by atoms with Crippen molar-refractivity contribution in [3.05, 3.63) is 35.9 Å². The zero-order valence-electron chi connectivity index (χ0n) is 11.5. The number of hydrogen-bond acceptors (Lipinski definition) is 2. The van der Waals surface area contributed by atoms with Gasteiger partial charge in [0.05, 0.1) is 0 Å². The zero-order valence-corrected chi connectivity index (χ0v) is 11.5. The Morgan fingerprint density at radius 1 is 1.15 bits per heavy atom. The average Bonchev–Trinajstić information content (AvgIpc) is 3.20. The summed E-state index contributed by atoms with van der Waals surface area (Å²) in [6.45, 7) is 0. The maximum absolute atomic E-state index is 11.9. The molecule has 1 atom stereocenters. The van der Waals surface area contributed by atoms with Gasteiger partial charge in [0.25, 0.3) is 0 Å². The summed E-state index contributed by atoms with van der Waals surface area (Å²) in [4.78, 5) is 23.5. The molecule has 1 spiro atoms. The van der Waals surface area contributed by atoms with Crippen LogP contribution >= 0.6 is 0 Å². The molecule has 2 aliphatic carbocycles. The number of nitrogens with one attached hydrogen (secondary N) is 2. The first-order valence-electron chi connectivity index (χ1n) is 7.32. The molecular formula is C16H20N2O2. The third-order valence-corrected chi connectivity index (χ3v) is 4.66. The van der Waals surface area contributed by atoms with Gasteiger partial charge in [-0.05, 0) is 36.7 Å². The van der Waals surface area contributed by atoms with Gasteiger partial charge in [0.1, 0.15) is 0 Å². The van der Waals surface area contributed by atoms with Crippen LogP contribution in [0.25, 0.3) is 0 Å². The highest BCUT2D eigenvalue weighted by atomic mass is 16.2. The summed E-state index contributed by atoms with van der Waals surface area (Å²) in [6.07, 6.45) is 5.67. The lowest BCUT2D eigenvalue weighted by Crippen LogP contribution is -2.43. The fraction of sp³-hybridized carbons (Fsp3) is 0.500. The number of benzene rings is 1. The third-order valence-electron chi connectivity index (χ3n) is 4.66. The standard InChI is InChI=1S/C16H20N2O2/c19-14(8-7-12-5-2-1-3-6-12)17-18-15(20)13-11-16(13)9-4-10-16/h1-3,5-6,13H,4,7-11H2,(H,17,19)(H,18,20)/t13-/m0/s1. The molecule has 1 aromatic rings. The number of aryl methyl sites for hydroxylation is 1.